The summed E-state index contributed by atoms with van der Waals surface area (Å²) < 4.78 is 49.0. The lowest BCUT2D eigenvalue weighted by Gasteiger charge is -2.10. The minimum Gasteiger partial charge on any atom is -0.288 e. The van der Waals surface area contributed by atoms with Crippen LogP contribution in [0.15, 0.2) is 0 Å². The average Bonchev–Trinajstić information content (AvgIpc) is 2.00. The molecule has 0 heterocycles. The van der Waals surface area contributed by atoms with Crippen molar-refractivity contribution in [3.05, 3.63) is 0 Å². The molecule has 90 valence electrons. The van der Waals surface area contributed by atoms with E-state index in [1.807, 2.05) is 0 Å². The van der Waals surface area contributed by atoms with Crippen molar-refractivity contribution in [3.63, 3.8) is 0 Å². The third kappa shape index (κ3) is 10.0. The maximum atomic E-state index is 12.9. The number of halogens is 4. The van der Waals surface area contributed by atoms with Gasteiger partial charge in [0.25, 0.3) is 0 Å². The number of hydrogen-bond acceptors (Lipinski definition) is 2. The number of hydrogen-bond donors (Lipinski definition) is 0. The maximum Gasteiger partial charge on any atom is 0.241 e. The largest absolute Gasteiger partial charge is 0.288 e. The topological polar surface area (TPSA) is 17.1 Å². The standard InChI is InChI=1S/C9H14F4OS/c1-6(14)15-3-2-7(10)4-8(11)5-9(12)13/h7-9H,2-5H2,1H3. The predicted octanol–water partition coefficient (Wildman–Crippen LogP) is 3.38. The van der Waals surface area contributed by atoms with Crippen LogP contribution >= 0.6 is 11.8 Å². The van der Waals surface area contributed by atoms with Crippen molar-refractivity contribution in [2.45, 2.75) is 45.0 Å². The number of carbonyl (C=O) groups is 1. The van der Waals surface area contributed by atoms with Crippen LogP contribution in [-0.4, -0.2) is 29.6 Å². The SMILES string of the molecule is CC(=O)SCCC(F)CC(F)CC(F)F. The lowest BCUT2D eigenvalue weighted by molar-refractivity contribution is -0.109. The quantitative estimate of drug-likeness (QED) is 0.640. The van der Waals surface area contributed by atoms with E-state index in [0.717, 1.165) is 11.8 Å². The van der Waals surface area contributed by atoms with Crippen LogP contribution in [-0.2, 0) is 4.79 Å². The van der Waals surface area contributed by atoms with E-state index in [0.29, 0.717) is 0 Å². The van der Waals surface area contributed by atoms with Crippen LogP contribution < -0.4 is 0 Å². The van der Waals surface area contributed by atoms with Gasteiger partial charge in [0.1, 0.15) is 12.3 Å². The number of carbonyl (C=O) groups excluding carboxylic acids is 1. The molecule has 0 aliphatic rings. The van der Waals surface area contributed by atoms with Gasteiger partial charge in [0, 0.05) is 25.5 Å². The molecule has 0 aromatic carbocycles. The molecule has 0 saturated heterocycles. The Morgan fingerprint density at radius 1 is 1.13 bits per heavy atom. The molecular formula is C9H14F4OS. The zero-order valence-electron chi connectivity index (χ0n) is 8.39. The van der Waals surface area contributed by atoms with Crippen LogP contribution in [0.25, 0.3) is 0 Å². The van der Waals surface area contributed by atoms with Crippen LogP contribution in [0.2, 0.25) is 0 Å². The van der Waals surface area contributed by atoms with E-state index in [-0.39, 0.29) is 17.3 Å². The molecule has 0 bridgehead atoms. The molecule has 15 heavy (non-hydrogen) atoms. The fourth-order valence-corrected chi connectivity index (χ4v) is 1.68. The summed E-state index contributed by atoms with van der Waals surface area (Å²) in [5.41, 5.74) is 0. The van der Waals surface area contributed by atoms with Crippen molar-refractivity contribution in [2.24, 2.45) is 0 Å². The fourth-order valence-electron chi connectivity index (χ4n) is 1.02. The Balaban J connectivity index is 3.54. The van der Waals surface area contributed by atoms with Crippen molar-refractivity contribution in [1.29, 1.82) is 0 Å². The second kappa shape index (κ2) is 7.96. The first-order chi connectivity index (χ1) is 6.91. The van der Waals surface area contributed by atoms with Gasteiger partial charge in [0.05, 0.1) is 0 Å². The van der Waals surface area contributed by atoms with Gasteiger partial charge in [-0.05, 0) is 6.42 Å². The summed E-state index contributed by atoms with van der Waals surface area (Å²) in [4.78, 5) is 10.5. The van der Waals surface area contributed by atoms with Gasteiger partial charge < -0.3 is 0 Å². The third-order valence-electron chi connectivity index (χ3n) is 1.68. The lowest BCUT2D eigenvalue weighted by atomic mass is 10.1. The van der Waals surface area contributed by atoms with Crippen LogP contribution in [0.4, 0.5) is 17.6 Å². The second-order valence-corrected chi connectivity index (χ2v) is 4.46. The molecule has 0 spiro atoms. The number of alkyl halides is 4. The summed E-state index contributed by atoms with van der Waals surface area (Å²) in [6.07, 6.45) is -7.40. The van der Waals surface area contributed by atoms with Crippen LogP contribution in [0.1, 0.15) is 26.2 Å². The van der Waals surface area contributed by atoms with E-state index < -0.39 is 31.6 Å². The summed E-state index contributed by atoms with van der Waals surface area (Å²) in [6, 6.07) is 0. The Hall–Kier alpha value is -0.260. The molecule has 2 unspecified atom stereocenters. The molecule has 0 saturated carbocycles. The number of rotatable bonds is 7. The number of thioether (sulfide) groups is 1. The van der Waals surface area contributed by atoms with Gasteiger partial charge in [-0.2, -0.15) is 0 Å². The van der Waals surface area contributed by atoms with Crippen LogP contribution in [0.3, 0.4) is 0 Å². The molecule has 2 atom stereocenters. The van der Waals surface area contributed by atoms with Gasteiger partial charge >= 0.3 is 0 Å². The van der Waals surface area contributed by atoms with Crippen LogP contribution in [0.5, 0.6) is 0 Å². The van der Waals surface area contributed by atoms with E-state index in [2.05, 4.69) is 0 Å². The van der Waals surface area contributed by atoms with Crippen molar-refractivity contribution in [1.82, 2.24) is 0 Å². The highest BCUT2D eigenvalue weighted by Crippen LogP contribution is 2.18. The zero-order chi connectivity index (χ0) is 11.8. The van der Waals surface area contributed by atoms with Crippen LogP contribution in [0, 0.1) is 0 Å². The van der Waals surface area contributed by atoms with E-state index >= 15 is 0 Å². The second-order valence-electron chi connectivity index (χ2n) is 3.19. The smallest absolute Gasteiger partial charge is 0.241 e. The fraction of sp³-hybridized carbons (Fsp3) is 0.889. The minimum absolute atomic E-state index is 0.0217. The average molecular weight is 246 g/mol. The maximum absolute atomic E-state index is 12.9. The van der Waals surface area contributed by atoms with E-state index in [1.165, 1.54) is 6.92 Å². The molecule has 0 fully saturated rings. The molecule has 0 aromatic rings. The first-order valence-corrected chi connectivity index (χ1v) is 5.60. The van der Waals surface area contributed by atoms with Crippen molar-refractivity contribution < 1.29 is 22.4 Å². The van der Waals surface area contributed by atoms with Crippen molar-refractivity contribution >= 4 is 16.9 Å². The molecular weight excluding hydrogens is 232 g/mol. The third-order valence-corrected chi connectivity index (χ3v) is 2.53. The molecule has 0 aliphatic heterocycles. The molecule has 6 heteroatoms. The van der Waals surface area contributed by atoms with Gasteiger partial charge in [0.15, 0.2) is 5.12 Å². The van der Waals surface area contributed by atoms with Gasteiger partial charge in [-0.3, -0.25) is 4.79 Å². The summed E-state index contributed by atoms with van der Waals surface area (Å²) in [5, 5.41) is -0.133. The lowest BCUT2D eigenvalue weighted by Crippen LogP contribution is -2.14. The van der Waals surface area contributed by atoms with Gasteiger partial charge in [-0.1, -0.05) is 11.8 Å². The highest BCUT2D eigenvalue weighted by atomic mass is 32.2. The summed E-state index contributed by atoms with van der Waals surface area (Å²) >= 11 is 0.951. The van der Waals surface area contributed by atoms with Gasteiger partial charge in [-0.25, -0.2) is 17.6 Å². The first kappa shape index (κ1) is 14.7. The molecule has 0 aromatic heterocycles. The van der Waals surface area contributed by atoms with Crippen molar-refractivity contribution in [2.75, 3.05) is 5.75 Å². The predicted molar refractivity (Wildman–Crippen MR) is 52.8 cm³/mol. The van der Waals surface area contributed by atoms with Crippen molar-refractivity contribution in [3.8, 4) is 0 Å². The van der Waals surface area contributed by atoms with Gasteiger partial charge in [-0.15, -0.1) is 0 Å². The molecule has 0 radical (unpaired) electrons. The Labute approximate surface area is 90.6 Å². The zero-order valence-corrected chi connectivity index (χ0v) is 9.21. The van der Waals surface area contributed by atoms with E-state index in [4.69, 9.17) is 0 Å². The summed E-state index contributed by atoms with van der Waals surface area (Å²) in [5.74, 6) is 0.262. The minimum atomic E-state index is -2.74. The first-order valence-electron chi connectivity index (χ1n) is 4.61. The monoisotopic (exact) mass is 246 g/mol. The molecule has 0 amide bonds. The van der Waals surface area contributed by atoms with E-state index in [1.54, 1.807) is 0 Å². The molecule has 0 aliphatic carbocycles. The molecule has 0 rings (SSSR count). The Morgan fingerprint density at radius 2 is 1.73 bits per heavy atom. The summed E-state index contributed by atoms with van der Waals surface area (Å²) in [7, 11) is 0. The summed E-state index contributed by atoms with van der Waals surface area (Å²) in [6.45, 7) is 1.35. The van der Waals surface area contributed by atoms with E-state index in [9.17, 15) is 22.4 Å². The molecule has 0 N–H and O–H groups in total. The highest BCUT2D eigenvalue weighted by Gasteiger charge is 2.19. The normalized spacial score (nSPS) is 15.3. The molecule has 1 nitrogen and oxygen atoms in total. The Morgan fingerprint density at radius 3 is 2.20 bits per heavy atom. The highest BCUT2D eigenvalue weighted by molar-refractivity contribution is 8.13. The Kier molecular flexibility index (Phi) is 7.82. The van der Waals surface area contributed by atoms with Gasteiger partial charge in [0.2, 0.25) is 6.43 Å². The Bertz CT molecular complexity index is 189.